The highest BCUT2D eigenvalue weighted by Crippen LogP contribution is 2.14. The second kappa shape index (κ2) is 6.62. The van der Waals surface area contributed by atoms with Crippen LogP contribution in [0.1, 0.15) is 23.2 Å². The standard InChI is InChI=1S/C11H12F3N3O2/c12-7-4-3-6(9(13)10(7)14)11(18)16-5-1-2-8(15)17-19/h3-4,19H,1-2,5H2,(H2,15,17)(H,16,18). The fourth-order valence-corrected chi connectivity index (χ4v) is 1.32. The minimum atomic E-state index is -1.69. The molecule has 0 saturated carbocycles. The Labute approximate surface area is 106 Å². The number of amides is 1. The molecule has 0 atom stereocenters. The van der Waals surface area contributed by atoms with Crippen molar-refractivity contribution in [3.63, 3.8) is 0 Å². The van der Waals surface area contributed by atoms with Gasteiger partial charge in [0.1, 0.15) is 5.84 Å². The Morgan fingerprint density at radius 3 is 2.63 bits per heavy atom. The number of carbonyl (C=O) groups excluding carboxylic acids is 1. The minimum absolute atomic E-state index is 0.00624. The molecule has 19 heavy (non-hydrogen) atoms. The first-order valence-corrected chi connectivity index (χ1v) is 5.35. The fourth-order valence-electron chi connectivity index (χ4n) is 1.32. The molecule has 1 aromatic carbocycles. The van der Waals surface area contributed by atoms with E-state index in [2.05, 4.69) is 10.5 Å². The summed E-state index contributed by atoms with van der Waals surface area (Å²) < 4.78 is 38.8. The van der Waals surface area contributed by atoms with Crippen LogP contribution >= 0.6 is 0 Å². The SMILES string of the molecule is NC(CCCNC(=O)c1ccc(F)c(F)c1F)=NO. The van der Waals surface area contributed by atoms with Gasteiger partial charge in [-0.1, -0.05) is 5.16 Å². The highest BCUT2D eigenvalue weighted by atomic mass is 19.2. The molecule has 4 N–H and O–H groups in total. The highest BCUT2D eigenvalue weighted by molar-refractivity contribution is 5.94. The van der Waals surface area contributed by atoms with Gasteiger partial charge in [0.2, 0.25) is 0 Å². The zero-order valence-electron chi connectivity index (χ0n) is 9.79. The quantitative estimate of drug-likeness (QED) is 0.189. The van der Waals surface area contributed by atoms with Crippen molar-refractivity contribution in [3.05, 3.63) is 35.1 Å². The van der Waals surface area contributed by atoms with E-state index in [1.54, 1.807) is 0 Å². The first-order chi connectivity index (χ1) is 8.97. The number of amidine groups is 1. The Kier molecular flexibility index (Phi) is 5.16. The number of rotatable bonds is 5. The number of carbonyl (C=O) groups is 1. The van der Waals surface area contributed by atoms with Crippen LogP contribution in [0.4, 0.5) is 13.2 Å². The molecule has 0 radical (unpaired) electrons. The third-order valence-corrected chi connectivity index (χ3v) is 2.30. The molecule has 0 spiro atoms. The molecule has 5 nitrogen and oxygen atoms in total. The molecule has 0 fully saturated rings. The average Bonchev–Trinajstić information content (AvgIpc) is 2.40. The molecule has 0 aliphatic carbocycles. The first kappa shape index (κ1) is 14.8. The summed E-state index contributed by atoms with van der Waals surface area (Å²) in [5.74, 6) is -5.46. The van der Waals surface area contributed by atoms with E-state index in [1.807, 2.05) is 0 Å². The minimum Gasteiger partial charge on any atom is -0.409 e. The van der Waals surface area contributed by atoms with Gasteiger partial charge in [0.15, 0.2) is 17.5 Å². The number of nitrogens with zero attached hydrogens (tertiary/aromatic N) is 1. The third-order valence-electron chi connectivity index (χ3n) is 2.30. The second-order valence-electron chi connectivity index (χ2n) is 3.67. The molecule has 104 valence electrons. The Balaban J connectivity index is 2.57. The summed E-state index contributed by atoms with van der Waals surface area (Å²) in [6, 6.07) is 1.52. The number of oxime groups is 1. The third kappa shape index (κ3) is 3.87. The summed E-state index contributed by atoms with van der Waals surface area (Å²) in [4.78, 5) is 11.5. The molecule has 0 aliphatic rings. The predicted molar refractivity (Wildman–Crippen MR) is 61.3 cm³/mol. The normalized spacial score (nSPS) is 11.4. The van der Waals surface area contributed by atoms with Crippen molar-refractivity contribution in [1.82, 2.24) is 5.32 Å². The largest absolute Gasteiger partial charge is 0.409 e. The molecule has 0 aromatic heterocycles. The Morgan fingerprint density at radius 1 is 1.32 bits per heavy atom. The maximum atomic E-state index is 13.3. The summed E-state index contributed by atoms with van der Waals surface area (Å²) in [6.07, 6.45) is 0.587. The molecule has 1 aromatic rings. The summed E-state index contributed by atoms with van der Waals surface area (Å²) in [5, 5.41) is 13.3. The highest BCUT2D eigenvalue weighted by Gasteiger charge is 2.18. The summed E-state index contributed by atoms with van der Waals surface area (Å²) in [7, 11) is 0. The van der Waals surface area contributed by atoms with E-state index < -0.39 is 28.9 Å². The van der Waals surface area contributed by atoms with Gasteiger partial charge >= 0.3 is 0 Å². The Hall–Kier alpha value is -2.25. The van der Waals surface area contributed by atoms with E-state index in [1.165, 1.54) is 0 Å². The van der Waals surface area contributed by atoms with Crippen LogP contribution in [-0.4, -0.2) is 23.5 Å². The lowest BCUT2D eigenvalue weighted by molar-refractivity contribution is 0.0948. The smallest absolute Gasteiger partial charge is 0.254 e. The number of halogens is 3. The number of benzene rings is 1. The topological polar surface area (TPSA) is 87.7 Å². The van der Waals surface area contributed by atoms with E-state index in [4.69, 9.17) is 10.9 Å². The number of hydrogen-bond donors (Lipinski definition) is 3. The van der Waals surface area contributed by atoms with Gasteiger partial charge in [0.25, 0.3) is 5.91 Å². The van der Waals surface area contributed by atoms with Gasteiger partial charge in [-0.3, -0.25) is 4.79 Å². The molecule has 0 bridgehead atoms. The zero-order valence-corrected chi connectivity index (χ0v) is 9.79. The van der Waals surface area contributed by atoms with Gasteiger partial charge in [0, 0.05) is 13.0 Å². The van der Waals surface area contributed by atoms with Gasteiger partial charge in [-0.2, -0.15) is 0 Å². The van der Waals surface area contributed by atoms with Gasteiger partial charge in [-0.15, -0.1) is 0 Å². The van der Waals surface area contributed by atoms with Crippen LogP contribution in [0, 0.1) is 17.5 Å². The van der Waals surface area contributed by atoms with Crippen LogP contribution in [0.25, 0.3) is 0 Å². The Bertz CT molecular complexity index is 506. The fraction of sp³-hybridized carbons (Fsp3) is 0.273. The van der Waals surface area contributed by atoms with Crippen molar-refractivity contribution >= 4 is 11.7 Å². The van der Waals surface area contributed by atoms with E-state index >= 15 is 0 Å². The van der Waals surface area contributed by atoms with Crippen molar-refractivity contribution in [1.29, 1.82) is 0 Å². The van der Waals surface area contributed by atoms with Crippen molar-refractivity contribution in [2.45, 2.75) is 12.8 Å². The van der Waals surface area contributed by atoms with Crippen LogP contribution in [0.2, 0.25) is 0 Å². The molecule has 0 aliphatic heterocycles. The van der Waals surface area contributed by atoms with E-state index in [0.29, 0.717) is 12.5 Å². The van der Waals surface area contributed by atoms with Gasteiger partial charge in [-0.25, -0.2) is 13.2 Å². The lowest BCUT2D eigenvalue weighted by Gasteiger charge is -2.06. The molecular formula is C11H12F3N3O2. The summed E-state index contributed by atoms with van der Waals surface area (Å²) >= 11 is 0. The molecule has 0 saturated heterocycles. The maximum absolute atomic E-state index is 13.3. The van der Waals surface area contributed by atoms with E-state index in [0.717, 1.165) is 6.07 Å². The van der Waals surface area contributed by atoms with Crippen molar-refractivity contribution < 1.29 is 23.2 Å². The van der Waals surface area contributed by atoms with Crippen molar-refractivity contribution in [3.8, 4) is 0 Å². The van der Waals surface area contributed by atoms with E-state index in [-0.39, 0.29) is 18.8 Å². The molecule has 1 rings (SSSR count). The monoisotopic (exact) mass is 275 g/mol. The average molecular weight is 275 g/mol. The molecule has 1 amide bonds. The van der Waals surface area contributed by atoms with Crippen LogP contribution in [0.15, 0.2) is 17.3 Å². The molecular weight excluding hydrogens is 263 g/mol. The van der Waals surface area contributed by atoms with Gasteiger partial charge in [-0.05, 0) is 18.6 Å². The van der Waals surface area contributed by atoms with Gasteiger partial charge < -0.3 is 16.3 Å². The van der Waals surface area contributed by atoms with Crippen molar-refractivity contribution in [2.24, 2.45) is 10.9 Å². The first-order valence-electron chi connectivity index (χ1n) is 5.35. The molecule has 8 heteroatoms. The zero-order chi connectivity index (χ0) is 14.4. The lowest BCUT2D eigenvalue weighted by Crippen LogP contribution is -2.27. The number of nitrogens with one attached hydrogen (secondary N) is 1. The lowest BCUT2D eigenvalue weighted by atomic mass is 10.2. The summed E-state index contributed by atoms with van der Waals surface area (Å²) in [5.41, 5.74) is 4.62. The predicted octanol–water partition coefficient (Wildman–Crippen LogP) is 1.36. The van der Waals surface area contributed by atoms with E-state index in [9.17, 15) is 18.0 Å². The van der Waals surface area contributed by atoms with Crippen LogP contribution < -0.4 is 11.1 Å². The maximum Gasteiger partial charge on any atom is 0.254 e. The van der Waals surface area contributed by atoms with Crippen LogP contribution in [0.3, 0.4) is 0 Å². The molecule has 0 unspecified atom stereocenters. The van der Waals surface area contributed by atoms with Crippen molar-refractivity contribution in [2.75, 3.05) is 6.54 Å². The van der Waals surface area contributed by atoms with Crippen LogP contribution in [0.5, 0.6) is 0 Å². The summed E-state index contributed by atoms with van der Waals surface area (Å²) in [6.45, 7) is 0.119. The number of nitrogens with two attached hydrogens (primary N) is 1. The second-order valence-corrected chi connectivity index (χ2v) is 3.67. The Morgan fingerprint density at radius 2 is 2.00 bits per heavy atom. The molecule has 0 heterocycles. The van der Waals surface area contributed by atoms with Crippen LogP contribution in [-0.2, 0) is 0 Å². The van der Waals surface area contributed by atoms with Gasteiger partial charge in [0.05, 0.1) is 5.56 Å². The number of hydrogen-bond acceptors (Lipinski definition) is 3.